The first kappa shape index (κ1) is 13.4. The Hall–Kier alpha value is -1.62. The van der Waals surface area contributed by atoms with Crippen molar-refractivity contribution in [2.45, 2.75) is 26.9 Å². The van der Waals surface area contributed by atoms with Crippen molar-refractivity contribution in [1.82, 2.24) is 0 Å². The van der Waals surface area contributed by atoms with Gasteiger partial charge in [0, 0.05) is 19.2 Å². The minimum Gasteiger partial charge on any atom is -0.377 e. The molecule has 1 rings (SSSR count). The minimum absolute atomic E-state index is 0.0286. The van der Waals surface area contributed by atoms with E-state index in [1.807, 2.05) is 26.8 Å². The summed E-state index contributed by atoms with van der Waals surface area (Å²) in [7, 11) is 0. The van der Waals surface area contributed by atoms with Gasteiger partial charge in [-0.25, -0.2) is 0 Å². The predicted molar refractivity (Wildman–Crippen MR) is 67.4 cm³/mol. The van der Waals surface area contributed by atoms with Crippen LogP contribution in [0.2, 0.25) is 0 Å². The van der Waals surface area contributed by atoms with Crippen molar-refractivity contribution in [3.63, 3.8) is 0 Å². The second-order valence-corrected chi connectivity index (χ2v) is 3.92. The van der Waals surface area contributed by atoms with E-state index in [2.05, 4.69) is 5.32 Å². The molecule has 0 radical (unpaired) electrons. The molecule has 0 bridgehead atoms. The Morgan fingerprint density at radius 1 is 1.53 bits per heavy atom. The van der Waals surface area contributed by atoms with Gasteiger partial charge in [0.2, 0.25) is 0 Å². The summed E-state index contributed by atoms with van der Waals surface area (Å²) in [5.41, 5.74) is 1.51. The Balaban J connectivity index is 2.73. The van der Waals surface area contributed by atoms with Gasteiger partial charge in [-0.05, 0) is 32.4 Å². The lowest BCUT2D eigenvalue weighted by molar-refractivity contribution is -0.384. The molecule has 1 aromatic rings. The van der Waals surface area contributed by atoms with E-state index >= 15 is 0 Å². The third kappa shape index (κ3) is 4.03. The Morgan fingerprint density at radius 3 is 2.82 bits per heavy atom. The van der Waals surface area contributed by atoms with Crippen LogP contribution >= 0.6 is 0 Å². The van der Waals surface area contributed by atoms with Gasteiger partial charge in [0.25, 0.3) is 5.69 Å². The maximum atomic E-state index is 10.9. The van der Waals surface area contributed by atoms with E-state index in [-0.39, 0.29) is 16.7 Å². The molecule has 1 unspecified atom stereocenters. The Kier molecular flexibility index (Phi) is 4.90. The van der Waals surface area contributed by atoms with Gasteiger partial charge >= 0.3 is 0 Å². The van der Waals surface area contributed by atoms with Crippen molar-refractivity contribution in [1.29, 1.82) is 0 Å². The summed E-state index contributed by atoms with van der Waals surface area (Å²) in [5, 5.41) is 13.9. The zero-order chi connectivity index (χ0) is 12.8. The molecular formula is C12H18N2O3. The number of nitro groups is 1. The van der Waals surface area contributed by atoms with Crippen LogP contribution in [0, 0.1) is 17.0 Å². The number of hydrogen-bond acceptors (Lipinski definition) is 4. The van der Waals surface area contributed by atoms with E-state index in [0.29, 0.717) is 18.8 Å². The maximum Gasteiger partial charge on any atom is 0.292 e. The van der Waals surface area contributed by atoms with E-state index < -0.39 is 0 Å². The Morgan fingerprint density at radius 2 is 2.24 bits per heavy atom. The fourth-order valence-corrected chi connectivity index (χ4v) is 1.54. The van der Waals surface area contributed by atoms with Crippen molar-refractivity contribution in [3.05, 3.63) is 33.9 Å². The number of rotatable bonds is 6. The van der Waals surface area contributed by atoms with E-state index in [1.165, 1.54) is 0 Å². The number of ether oxygens (including phenoxy) is 1. The van der Waals surface area contributed by atoms with Crippen LogP contribution in [-0.4, -0.2) is 24.2 Å². The number of aryl methyl sites for hydroxylation is 1. The number of nitro benzene ring substituents is 1. The largest absolute Gasteiger partial charge is 0.377 e. The van der Waals surface area contributed by atoms with Crippen LogP contribution in [0.1, 0.15) is 19.4 Å². The highest BCUT2D eigenvalue weighted by Crippen LogP contribution is 2.25. The molecule has 1 N–H and O–H groups in total. The lowest BCUT2D eigenvalue weighted by Gasteiger charge is -2.13. The molecular weight excluding hydrogens is 220 g/mol. The first-order valence-electron chi connectivity index (χ1n) is 5.65. The third-order valence-corrected chi connectivity index (χ3v) is 2.38. The minimum atomic E-state index is -0.374. The average molecular weight is 238 g/mol. The topological polar surface area (TPSA) is 64.4 Å². The highest BCUT2D eigenvalue weighted by molar-refractivity contribution is 5.62. The SMILES string of the molecule is CCOC(C)CNc1ccc(C)cc1[N+](=O)[O-]. The number of anilines is 1. The molecule has 0 amide bonds. The molecule has 0 aliphatic heterocycles. The summed E-state index contributed by atoms with van der Waals surface area (Å²) in [6.45, 7) is 6.87. The summed E-state index contributed by atoms with van der Waals surface area (Å²) in [4.78, 5) is 10.5. The number of benzene rings is 1. The monoisotopic (exact) mass is 238 g/mol. The van der Waals surface area contributed by atoms with E-state index in [0.717, 1.165) is 5.56 Å². The van der Waals surface area contributed by atoms with Gasteiger partial charge in [-0.3, -0.25) is 10.1 Å². The van der Waals surface area contributed by atoms with Crippen molar-refractivity contribution < 1.29 is 9.66 Å². The number of hydrogen-bond donors (Lipinski definition) is 1. The predicted octanol–water partition coefficient (Wildman–Crippen LogP) is 2.74. The molecule has 0 aromatic heterocycles. The van der Waals surface area contributed by atoms with Gasteiger partial charge in [-0.15, -0.1) is 0 Å². The molecule has 0 saturated carbocycles. The lowest BCUT2D eigenvalue weighted by atomic mass is 10.2. The summed E-state index contributed by atoms with van der Waals surface area (Å²) < 4.78 is 5.36. The molecule has 1 atom stereocenters. The highest BCUT2D eigenvalue weighted by Gasteiger charge is 2.13. The molecule has 1 aromatic carbocycles. The van der Waals surface area contributed by atoms with Crippen LogP contribution in [0.25, 0.3) is 0 Å². The molecule has 94 valence electrons. The van der Waals surface area contributed by atoms with E-state index in [1.54, 1.807) is 12.1 Å². The first-order chi connectivity index (χ1) is 8.04. The summed E-state index contributed by atoms with van der Waals surface area (Å²) in [5.74, 6) is 0. The van der Waals surface area contributed by atoms with E-state index in [9.17, 15) is 10.1 Å². The van der Waals surface area contributed by atoms with Gasteiger partial charge in [-0.2, -0.15) is 0 Å². The van der Waals surface area contributed by atoms with Gasteiger partial charge in [0.05, 0.1) is 11.0 Å². The Labute approximate surface area is 101 Å². The summed E-state index contributed by atoms with van der Waals surface area (Å²) in [6, 6.07) is 5.14. The number of nitrogens with zero attached hydrogens (tertiary/aromatic N) is 1. The highest BCUT2D eigenvalue weighted by atomic mass is 16.6. The maximum absolute atomic E-state index is 10.9. The Bertz CT molecular complexity index is 393. The quantitative estimate of drug-likeness (QED) is 0.611. The van der Waals surface area contributed by atoms with Crippen LogP contribution in [0.3, 0.4) is 0 Å². The molecule has 5 heteroatoms. The standard InChI is InChI=1S/C12H18N2O3/c1-4-17-10(3)8-13-11-6-5-9(2)7-12(11)14(15)16/h5-7,10,13H,4,8H2,1-3H3. The van der Waals surface area contributed by atoms with Crippen LogP contribution in [-0.2, 0) is 4.74 Å². The smallest absolute Gasteiger partial charge is 0.292 e. The molecule has 17 heavy (non-hydrogen) atoms. The molecule has 0 spiro atoms. The van der Waals surface area contributed by atoms with Crippen molar-refractivity contribution >= 4 is 11.4 Å². The first-order valence-corrected chi connectivity index (χ1v) is 5.65. The van der Waals surface area contributed by atoms with Gasteiger partial charge in [0.15, 0.2) is 0 Å². The normalized spacial score (nSPS) is 12.2. The van der Waals surface area contributed by atoms with Crippen LogP contribution < -0.4 is 5.32 Å². The van der Waals surface area contributed by atoms with Gasteiger partial charge in [-0.1, -0.05) is 6.07 Å². The zero-order valence-electron chi connectivity index (χ0n) is 10.4. The summed E-state index contributed by atoms with van der Waals surface area (Å²) in [6.07, 6.45) is 0.0286. The second kappa shape index (κ2) is 6.20. The fourth-order valence-electron chi connectivity index (χ4n) is 1.54. The van der Waals surface area contributed by atoms with E-state index in [4.69, 9.17) is 4.74 Å². The van der Waals surface area contributed by atoms with Crippen LogP contribution in [0.15, 0.2) is 18.2 Å². The van der Waals surface area contributed by atoms with Crippen molar-refractivity contribution in [3.8, 4) is 0 Å². The third-order valence-electron chi connectivity index (χ3n) is 2.38. The van der Waals surface area contributed by atoms with Crippen molar-refractivity contribution in [2.24, 2.45) is 0 Å². The fraction of sp³-hybridized carbons (Fsp3) is 0.500. The molecule has 0 fully saturated rings. The lowest BCUT2D eigenvalue weighted by Crippen LogP contribution is -2.20. The van der Waals surface area contributed by atoms with Gasteiger partial charge in [0.1, 0.15) is 5.69 Å². The summed E-state index contributed by atoms with van der Waals surface area (Å²) >= 11 is 0. The van der Waals surface area contributed by atoms with Gasteiger partial charge < -0.3 is 10.1 Å². The van der Waals surface area contributed by atoms with Crippen LogP contribution in [0.4, 0.5) is 11.4 Å². The molecule has 0 aliphatic rings. The molecule has 0 heterocycles. The zero-order valence-corrected chi connectivity index (χ0v) is 10.4. The second-order valence-electron chi connectivity index (χ2n) is 3.92. The average Bonchev–Trinajstić information content (AvgIpc) is 2.27. The molecule has 5 nitrogen and oxygen atoms in total. The number of nitrogens with one attached hydrogen (secondary N) is 1. The molecule has 0 aliphatic carbocycles. The van der Waals surface area contributed by atoms with Crippen molar-refractivity contribution in [2.75, 3.05) is 18.5 Å². The van der Waals surface area contributed by atoms with Crippen LogP contribution in [0.5, 0.6) is 0 Å². The molecule has 0 saturated heterocycles.